The molecule has 2 aromatic heterocycles. The normalized spacial score (nSPS) is 16.3. The molecular formula is C30H35N7O3. The molecule has 3 N–H and O–H groups in total. The number of aromatic nitrogens is 3. The van der Waals surface area contributed by atoms with Gasteiger partial charge in [-0.2, -0.15) is 4.98 Å². The van der Waals surface area contributed by atoms with Gasteiger partial charge < -0.3 is 34.9 Å². The molecule has 2 fully saturated rings. The van der Waals surface area contributed by atoms with E-state index < -0.39 is 5.97 Å². The van der Waals surface area contributed by atoms with E-state index in [0.29, 0.717) is 29.1 Å². The molecule has 2 aliphatic rings. The van der Waals surface area contributed by atoms with Gasteiger partial charge in [0.05, 0.1) is 31.0 Å². The van der Waals surface area contributed by atoms with Gasteiger partial charge >= 0.3 is 5.97 Å². The number of H-pyrrole nitrogens is 1. The van der Waals surface area contributed by atoms with Crippen molar-refractivity contribution in [3.63, 3.8) is 0 Å². The van der Waals surface area contributed by atoms with Gasteiger partial charge in [0.15, 0.2) is 5.82 Å². The molecule has 0 spiro atoms. The number of benzene rings is 2. The van der Waals surface area contributed by atoms with E-state index >= 15 is 0 Å². The minimum Gasteiger partial charge on any atom is -0.494 e. The van der Waals surface area contributed by atoms with Crippen molar-refractivity contribution < 1.29 is 14.3 Å². The summed E-state index contributed by atoms with van der Waals surface area (Å²) in [6, 6.07) is 16.0. The fourth-order valence-corrected chi connectivity index (χ4v) is 5.77. The maximum atomic E-state index is 12.0. The maximum Gasteiger partial charge on any atom is 0.337 e. The van der Waals surface area contributed by atoms with Gasteiger partial charge in [0.1, 0.15) is 11.3 Å². The van der Waals surface area contributed by atoms with Gasteiger partial charge in [-0.3, -0.25) is 0 Å². The third kappa shape index (κ3) is 5.40. The predicted octanol–water partition coefficient (Wildman–Crippen LogP) is 5.30. The lowest BCUT2D eigenvalue weighted by molar-refractivity contribution is 0.0601. The molecule has 0 bridgehead atoms. The van der Waals surface area contributed by atoms with Crippen molar-refractivity contribution in [3.05, 3.63) is 60.3 Å². The molecule has 0 amide bonds. The first-order chi connectivity index (χ1) is 19.6. The highest BCUT2D eigenvalue weighted by Crippen LogP contribution is 2.34. The molecule has 0 saturated carbocycles. The number of aromatic amines is 1. The van der Waals surface area contributed by atoms with Crippen LogP contribution in [0.25, 0.3) is 11.0 Å². The van der Waals surface area contributed by atoms with Crippen LogP contribution >= 0.6 is 0 Å². The maximum absolute atomic E-state index is 12.0. The Hall–Kier alpha value is -4.31. The van der Waals surface area contributed by atoms with Gasteiger partial charge in [0, 0.05) is 42.8 Å². The second-order valence-corrected chi connectivity index (χ2v) is 10.3. The van der Waals surface area contributed by atoms with Gasteiger partial charge in [0.25, 0.3) is 0 Å². The molecule has 0 atom stereocenters. The van der Waals surface area contributed by atoms with Crippen LogP contribution in [0.4, 0.5) is 28.8 Å². The monoisotopic (exact) mass is 541 g/mol. The Balaban J connectivity index is 1.20. The minimum atomic E-state index is -0.398. The molecule has 4 aromatic rings. The lowest BCUT2D eigenvalue weighted by atomic mass is 10.0. The van der Waals surface area contributed by atoms with E-state index in [1.54, 1.807) is 25.3 Å². The lowest BCUT2D eigenvalue weighted by Crippen LogP contribution is -2.43. The molecule has 2 aliphatic heterocycles. The summed E-state index contributed by atoms with van der Waals surface area (Å²) < 4.78 is 10.6. The smallest absolute Gasteiger partial charge is 0.337 e. The van der Waals surface area contributed by atoms with Crippen molar-refractivity contribution in [1.82, 2.24) is 19.9 Å². The average molecular weight is 542 g/mol. The molecule has 208 valence electrons. The summed E-state index contributed by atoms with van der Waals surface area (Å²) in [5, 5.41) is 6.66. The summed E-state index contributed by atoms with van der Waals surface area (Å²) in [5.41, 5.74) is 4.62. The summed E-state index contributed by atoms with van der Waals surface area (Å²) >= 11 is 0. The van der Waals surface area contributed by atoms with Crippen LogP contribution in [-0.4, -0.2) is 72.3 Å². The van der Waals surface area contributed by atoms with Crippen molar-refractivity contribution in [2.45, 2.75) is 31.7 Å². The first-order valence-corrected chi connectivity index (χ1v) is 13.9. The third-order valence-electron chi connectivity index (χ3n) is 7.87. The number of likely N-dealkylation sites (tertiary alicyclic amines) is 1. The predicted molar refractivity (Wildman–Crippen MR) is 157 cm³/mol. The number of ether oxygens (including phenoxy) is 2. The molecule has 2 saturated heterocycles. The first kappa shape index (κ1) is 25.9. The van der Waals surface area contributed by atoms with E-state index in [0.717, 1.165) is 41.2 Å². The summed E-state index contributed by atoms with van der Waals surface area (Å²) in [7, 11) is 3.05. The molecule has 6 rings (SSSR count). The Kier molecular flexibility index (Phi) is 7.41. The SMILES string of the molecule is COC(=O)c1cccc(Nc2nc(Nc3ccc(N4CCC(N5CCCC5)CC4)cc3OC)nc3cc[nH]c23)c1. The molecule has 0 unspecified atom stereocenters. The number of hydrogen-bond donors (Lipinski definition) is 3. The van der Waals surface area contributed by atoms with Gasteiger partial charge in [-0.05, 0) is 75.2 Å². The highest BCUT2D eigenvalue weighted by Gasteiger charge is 2.27. The van der Waals surface area contributed by atoms with Crippen LogP contribution < -0.4 is 20.3 Å². The molecule has 4 heterocycles. The van der Waals surface area contributed by atoms with E-state index in [9.17, 15) is 4.79 Å². The fourth-order valence-electron chi connectivity index (χ4n) is 5.77. The molecule has 10 nitrogen and oxygen atoms in total. The number of piperidine rings is 1. The number of anilines is 5. The number of hydrogen-bond acceptors (Lipinski definition) is 9. The molecule has 0 aliphatic carbocycles. The number of carbonyl (C=O) groups excluding carboxylic acids is 1. The molecule has 0 radical (unpaired) electrons. The van der Waals surface area contributed by atoms with Crippen LogP contribution in [0.5, 0.6) is 5.75 Å². The van der Waals surface area contributed by atoms with E-state index in [1.807, 2.05) is 24.4 Å². The van der Waals surface area contributed by atoms with Gasteiger partial charge in [0.2, 0.25) is 5.95 Å². The van der Waals surface area contributed by atoms with Crippen molar-refractivity contribution in [1.29, 1.82) is 0 Å². The zero-order valence-corrected chi connectivity index (χ0v) is 22.9. The number of nitrogens with zero attached hydrogens (tertiary/aromatic N) is 4. The van der Waals surface area contributed by atoms with Crippen molar-refractivity contribution in [3.8, 4) is 5.75 Å². The number of methoxy groups -OCH3 is 2. The van der Waals surface area contributed by atoms with E-state index in [-0.39, 0.29) is 0 Å². The Labute approximate surface area is 233 Å². The van der Waals surface area contributed by atoms with Crippen LogP contribution in [0.2, 0.25) is 0 Å². The van der Waals surface area contributed by atoms with Crippen molar-refractivity contribution in [2.24, 2.45) is 0 Å². The zero-order valence-electron chi connectivity index (χ0n) is 22.9. The fraction of sp³-hybridized carbons (Fsp3) is 0.367. The van der Waals surface area contributed by atoms with Gasteiger partial charge in [-0.25, -0.2) is 9.78 Å². The molecular weight excluding hydrogens is 506 g/mol. The quantitative estimate of drug-likeness (QED) is 0.256. The largest absolute Gasteiger partial charge is 0.494 e. The summed E-state index contributed by atoms with van der Waals surface area (Å²) in [5.74, 6) is 1.34. The second kappa shape index (κ2) is 11.4. The standard InChI is InChI=1S/C30H35N7O3/c1-39-26-19-23(37-16-11-22(12-17-37)36-14-3-4-15-36)8-9-24(26)33-30-34-25-10-13-31-27(25)28(35-30)32-21-7-5-6-20(18-21)29(38)40-2/h5-10,13,18-19,22,31H,3-4,11-12,14-17H2,1-2H3,(H2,32,33,34,35). The number of carbonyl (C=O) groups is 1. The highest BCUT2D eigenvalue weighted by molar-refractivity contribution is 5.92. The first-order valence-electron chi connectivity index (χ1n) is 13.9. The minimum absolute atomic E-state index is 0.398. The third-order valence-corrected chi connectivity index (χ3v) is 7.87. The second-order valence-electron chi connectivity index (χ2n) is 10.3. The zero-order chi connectivity index (χ0) is 27.5. The number of rotatable bonds is 8. The van der Waals surface area contributed by atoms with Gasteiger partial charge in [-0.1, -0.05) is 6.07 Å². The van der Waals surface area contributed by atoms with Crippen LogP contribution in [0, 0.1) is 0 Å². The van der Waals surface area contributed by atoms with Crippen molar-refractivity contribution in [2.75, 3.05) is 55.9 Å². The van der Waals surface area contributed by atoms with Gasteiger partial charge in [-0.15, -0.1) is 0 Å². The number of fused-ring (bicyclic) bond motifs is 1. The van der Waals surface area contributed by atoms with E-state index in [4.69, 9.17) is 14.5 Å². The number of nitrogens with one attached hydrogen (secondary N) is 3. The Morgan fingerprint density at radius 1 is 0.975 bits per heavy atom. The Bertz CT molecular complexity index is 1490. The topological polar surface area (TPSA) is 108 Å². The molecule has 2 aromatic carbocycles. The van der Waals surface area contributed by atoms with E-state index in [1.165, 1.54) is 45.9 Å². The van der Waals surface area contributed by atoms with Crippen molar-refractivity contribution >= 4 is 45.8 Å². The lowest BCUT2D eigenvalue weighted by Gasteiger charge is -2.38. The summed E-state index contributed by atoms with van der Waals surface area (Å²) in [6.07, 6.45) is 6.90. The van der Waals surface area contributed by atoms with E-state index in [2.05, 4.69) is 42.5 Å². The Morgan fingerprint density at radius 2 is 1.80 bits per heavy atom. The Morgan fingerprint density at radius 3 is 2.58 bits per heavy atom. The average Bonchev–Trinajstić information content (AvgIpc) is 3.70. The number of esters is 1. The molecule has 10 heteroatoms. The highest BCUT2D eigenvalue weighted by atomic mass is 16.5. The summed E-state index contributed by atoms with van der Waals surface area (Å²) in [4.78, 5) is 29.7. The van der Waals surface area contributed by atoms with Crippen LogP contribution in [-0.2, 0) is 4.74 Å². The van der Waals surface area contributed by atoms with Crippen LogP contribution in [0.3, 0.4) is 0 Å². The molecule has 40 heavy (non-hydrogen) atoms. The van der Waals surface area contributed by atoms with Crippen LogP contribution in [0.15, 0.2) is 54.7 Å². The summed E-state index contributed by atoms with van der Waals surface area (Å²) in [6.45, 7) is 4.62. The van der Waals surface area contributed by atoms with Crippen LogP contribution in [0.1, 0.15) is 36.0 Å².